The van der Waals surface area contributed by atoms with Crippen molar-refractivity contribution in [2.75, 3.05) is 0 Å². The first-order valence-corrected chi connectivity index (χ1v) is 2.44. The molecule has 0 aromatic carbocycles. The molecular weight excluding hydrogens is 178 g/mol. The molecule has 0 aromatic rings. The number of hydrogen-bond donors (Lipinski definition) is 0. The molecule has 0 aliphatic carbocycles. The molecule has 0 bridgehead atoms. The van der Waals surface area contributed by atoms with Gasteiger partial charge in [-0.1, -0.05) is 11.6 Å². The Hall–Kier alpha value is -0.320. The molecule has 0 fully saturated rings. The Morgan fingerprint density at radius 2 is 1.70 bits per heavy atom. The maximum atomic E-state index is 11.3. The molecule has 0 spiro atoms. The van der Waals surface area contributed by atoms with Crippen LogP contribution in [0.15, 0.2) is 11.1 Å². The largest absolute Gasteiger partial charge is 0.411 e. The standard InChI is InChI=1S/C4H2ClF5/c5-2(3(6)7)1-4(8,9)10/h1,3H/b2-1-. The van der Waals surface area contributed by atoms with Gasteiger partial charge in [-0.25, -0.2) is 8.78 Å². The number of rotatable bonds is 1. The Kier molecular flexibility index (Phi) is 3.08. The second-order valence-corrected chi connectivity index (χ2v) is 1.81. The normalized spacial score (nSPS) is 14.5. The molecule has 0 saturated heterocycles. The minimum atomic E-state index is -4.77. The van der Waals surface area contributed by atoms with Gasteiger partial charge in [0, 0.05) is 6.08 Å². The summed E-state index contributed by atoms with van der Waals surface area (Å²) in [6.07, 6.45) is -8.67. The van der Waals surface area contributed by atoms with E-state index in [1.54, 1.807) is 0 Å². The maximum absolute atomic E-state index is 11.3. The molecule has 0 unspecified atom stereocenters. The summed E-state index contributed by atoms with van der Waals surface area (Å²) in [5.74, 6) is 0. The molecule has 0 amide bonds. The smallest absolute Gasteiger partial charge is 0.204 e. The first-order valence-electron chi connectivity index (χ1n) is 2.06. The Balaban J connectivity index is 4.17. The van der Waals surface area contributed by atoms with Crippen LogP contribution in [-0.2, 0) is 0 Å². The van der Waals surface area contributed by atoms with E-state index in [4.69, 9.17) is 0 Å². The molecular formula is C4H2ClF5. The summed E-state index contributed by atoms with van der Waals surface area (Å²) in [6, 6.07) is 0. The van der Waals surface area contributed by atoms with Crippen LogP contribution >= 0.6 is 11.6 Å². The van der Waals surface area contributed by atoms with Crippen molar-refractivity contribution < 1.29 is 22.0 Å². The molecule has 0 aromatic heterocycles. The zero-order valence-electron chi connectivity index (χ0n) is 4.42. The zero-order chi connectivity index (χ0) is 8.36. The zero-order valence-corrected chi connectivity index (χ0v) is 5.18. The third-order valence-corrected chi connectivity index (χ3v) is 0.784. The van der Waals surface area contributed by atoms with E-state index in [2.05, 4.69) is 11.6 Å². The second kappa shape index (κ2) is 3.18. The summed E-state index contributed by atoms with van der Waals surface area (Å²) in [5, 5.41) is -1.49. The van der Waals surface area contributed by atoms with E-state index in [0.29, 0.717) is 0 Å². The van der Waals surface area contributed by atoms with Crippen molar-refractivity contribution in [1.82, 2.24) is 0 Å². The summed E-state index contributed by atoms with van der Waals surface area (Å²) in [7, 11) is 0. The van der Waals surface area contributed by atoms with Crippen LogP contribution in [0, 0.1) is 0 Å². The van der Waals surface area contributed by atoms with Crippen molar-refractivity contribution in [2.24, 2.45) is 0 Å². The van der Waals surface area contributed by atoms with Crippen LogP contribution in [0.1, 0.15) is 0 Å². The van der Waals surface area contributed by atoms with E-state index in [1.165, 1.54) is 0 Å². The summed E-state index contributed by atoms with van der Waals surface area (Å²) < 4.78 is 56.0. The summed E-state index contributed by atoms with van der Waals surface area (Å²) in [5.41, 5.74) is 0. The monoisotopic (exact) mass is 180 g/mol. The van der Waals surface area contributed by atoms with Gasteiger partial charge in [-0.15, -0.1) is 0 Å². The van der Waals surface area contributed by atoms with Crippen LogP contribution in [0.5, 0.6) is 0 Å². The lowest BCUT2D eigenvalue weighted by Gasteiger charge is -1.99. The fourth-order valence-electron chi connectivity index (χ4n) is 0.219. The van der Waals surface area contributed by atoms with Gasteiger partial charge >= 0.3 is 6.18 Å². The van der Waals surface area contributed by atoms with Crippen LogP contribution in [0.4, 0.5) is 22.0 Å². The van der Waals surface area contributed by atoms with Crippen LogP contribution in [-0.4, -0.2) is 12.6 Å². The van der Waals surface area contributed by atoms with Gasteiger partial charge in [-0.05, 0) is 0 Å². The van der Waals surface area contributed by atoms with Crippen molar-refractivity contribution in [3.63, 3.8) is 0 Å². The molecule has 6 heteroatoms. The summed E-state index contributed by atoms with van der Waals surface area (Å²) >= 11 is 4.49. The van der Waals surface area contributed by atoms with E-state index < -0.39 is 23.7 Å². The van der Waals surface area contributed by atoms with Crippen molar-refractivity contribution in [3.8, 4) is 0 Å². The predicted octanol–water partition coefficient (Wildman–Crippen LogP) is 2.94. The van der Waals surface area contributed by atoms with Gasteiger partial charge in [0.15, 0.2) is 0 Å². The van der Waals surface area contributed by atoms with Crippen LogP contribution in [0.2, 0.25) is 0 Å². The van der Waals surface area contributed by atoms with Crippen LogP contribution < -0.4 is 0 Å². The SMILES string of the molecule is FC(F)/C(Cl)=C/C(F)(F)F. The molecule has 10 heavy (non-hydrogen) atoms. The Morgan fingerprint density at radius 3 is 1.80 bits per heavy atom. The Morgan fingerprint density at radius 1 is 1.30 bits per heavy atom. The van der Waals surface area contributed by atoms with Crippen molar-refractivity contribution in [3.05, 3.63) is 11.1 Å². The van der Waals surface area contributed by atoms with E-state index in [1.807, 2.05) is 0 Å². The third-order valence-electron chi connectivity index (χ3n) is 0.510. The molecule has 0 N–H and O–H groups in total. The third kappa shape index (κ3) is 4.55. The van der Waals surface area contributed by atoms with E-state index in [-0.39, 0.29) is 0 Å². The van der Waals surface area contributed by atoms with Crippen LogP contribution in [0.3, 0.4) is 0 Å². The van der Waals surface area contributed by atoms with Crippen LogP contribution in [0.25, 0.3) is 0 Å². The quantitative estimate of drug-likeness (QED) is 0.545. The first-order chi connectivity index (χ1) is 4.33. The second-order valence-electron chi connectivity index (χ2n) is 1.37. The average Bonchev–Trinajstić information content (AvgIpc) is 1.60. The number of allylic oxidation sites excluding steroid dienone is 2. The van der Waals surface area contributed by atoms with Gasteiger partial charge in [0.05, 0.1) is 5.03 Å². The van der Waals surface area contributed by atoms with Gasteiger partial charge < -0.3 is 0 Å². The molecule has 0 atom stereocenters. The fourth-order valence-corrected chi connectivity index (χ4v) is 0.343. The average molecular weight is 181 g/mol. The molecule has 0 rings (SSSR count). The lowest BCUT2D eigenvalue weighted by molar-refractivity contribution is -0.0810. The highest BCUT2D eigenvalue weighted by Gasteiger charge is 2.26. The lowest BCUT2D eigenvalue weighted by atomic mass is 10.5. The number of hydrogen-bond acceptors (Lipinski definition) is 0. The molecule has 0 aliphatic heterocycles. The van der Waals surface area contributed by atoms with Gasteiger partial charge in [-0.3, -0.25) is 0 Å². The topological polar surface area (TPSA) is 0 Å². The molecule has 60 valence electrons. The first kappa shape index (κ1) is 9.68. The highest BCUT2D eigenvalue weighted by molar-refractivity contribution is 6.30. The molecule has 0 radical (unpaired) electrons. The predicted molar refractivity (Wildman–Crippen MR) is 26.0 cm³/mol. The van der Waals surface area contributed by atoms with Gasteiger partial charge in [0.25, 0.3) is 6.43 Å². The number of alkyl halides is 5. The maximum Gasteiger partial charge on any atom is 0.411 e. The summed E-state index contributed by atoms with van der Waals surface area (Å²) in [4.78, 5) is 0. The Bertz CT molecular complexity index is 135. The van der Waals surface area contributed by atoms with Gasteiger partial charge in [0.1, 0.15) is 0 Å². The lowest BCUT2D eigenvalue weighted by Crippen LogP contribution is -2.04. The van der Waals surface area contributed by atoms with E-state index in [9.17, 15) is 22.0 Å². The summed E-state index contributed by atoms with van der Waals surface area (Å²) in [6.45, 7) is 0. The minimum Gasteiger partial charge on any atom is -0.204 e. The molecule has 0 aliphatic rings. The van der Waals surface area contributed by atoms with E-state index in [0.717, 1.165) is 0 Å². The highest BCUT2D eigenvalue weighted by atomic mass is 35.5. The highest BCUT2D eigenvalue weighted by Crippen LogP contribution is 2.23. The fraction of sp³-hybridized carbons (Fsp3) is 0.500. The molecule has 0 nitrogen and oxygen atoms in total. The van der Waals surface area contributed by atoms with Crippen molar-refractivity contribution in [2.45, 2.75) is 12.6 Å². The van der Waals surface area contributed by atoms with Crippen molar-refractivity contribution in [1.29, 1.82) is 0 Å². The van der Waals surface area contributed by atoms with E-state index >= 15 is 0 Å². The minimum absolute atomic E-state index is 0.640. The Labute approximate surface area is 58.3 Å². The molecule has 0 saturated carbocycles. The van der Waals surface area contributed by atoms with Gasteiger partial charge in [0.2, 0.25) is 0 Å². The van der Waals surface area contributed by atoms with Crippen molar-refractivity contribution >= 4 is 11.6 Å². The molecule has 0 heterocycles. The number of halogens is 6. The van der Waals surface area contributed by atoms with Gasteiger partial charge in [-0.2, -0.15) is 13.2 Å².